The van der Waals surface area contributed by atoms with Gasteiger partial charge < -0.3 is 5.11 Å². The highest BCUT2D eigenvalue weighted by Gasteiger charge is 2.91. The Kier molecular flexibility index (Phi) is 6.47. The number of amides is 1. The molecule has 1 aliphatic heterocycles. The van der Waals surface area contributed by atoms with Crippen molar-refractivity contribution in [1.29, 1.82) is 0 Å². The molecule has 1 unspecified atom stereocenters. The molecule has 0 fully saturated rings. The maximum absolute atomic E-state index is 14.3. The van der Waals surface area contributed by atoms with Gasteiger partial charge in [0, 0.05) is 12.0 Å². The minimum atomic E-state index is -8.10. The predicted octanol–water partition coefficient (Wildman–Crippen LogP) is 5.47. The molecule has 0 saturated heterocycles. The molecule has 18 heteroatoms. The fourth-order valence-corrected chi connectivity index (χ4v) is 2.76. The fourth-order valence-electron chi connectivity index (χ4n) is 2.76. The lowest BCUT2D eigenvalue weighted by molar-refractivity contribution is -0.434. The van der Waals surface area contributed by atoms with Gasteiger partial charge in [0.1, 0.15) is 11.5 Å². The van der Waals surface area contributed by atoms with Crippen molar-refractivity contribution >= 4 is 11.6 Å². The number of benzene rings is 1. The smallest absolute Gasteiger partial charge is 0.369 e. The molecule has 1 atom stereocenters. The monoisotopic (exact) mass is 540 g/mol. The molecule has 1 aromatic rings. The van der Waals surface area contributed by atoms with E-state index in [9.17, 15) is 71.4 Å². The molecular formula is C17H10F14N2O2. The Balaban J connectivity index is 2.55. The minimum absolute atomic E-state index is 0.403. The first-order valence-corrected chi connectivity index (χ1v) is 8.72. The Morgan fingerprint density at radius 1 is 0.829 bits per heavy atom. The van der Waals surface area contributed by atoms with E-state index in [4.69, 9.17) is 0 Å². The summed E-state index contributed by atoms with van der Waals surface area (Å²) in [5.74, 6) is -41.0. The van der Waals surface area contributed by atoms with Crippen molar-refractivity contribution in [3.63, 3.8) is 0 Å². The third-order valence-electron chi connectivity index (χ3n) is 4.76. The summed E-state index contributed by atoms with van der Waals surface area (Å²) < 4.78 is 186. The quantitative estimate of drug-likeness (QED) is 0.487. The Morgan fingerprint density at radius 2 is 1.26 bits per heavy atom. The van der Waals surface area contributed by atoms with Crippen molar-refractivity contribution in [2.75, 3.05) is 0 Å². The summed E-state index contributed by atoms with van der Waals surface area (Å²) in [7, 11) is 0. The van der Waals surface area contributed by atoms with Crippen molar-refractivity contribution in [3.8, 4) is 0 Å². The lowest BCUT2D eigenvalue weighted by atomic mass is 9.90. The highest BCUT2D eigenvalue weighted by Crippen LogP contribution is 2.60. The maximum Gasteiger partial charge on any atom is 0.460 e. The van der Waals surface area contributed by atoms with Crippen molar-refractivity contribution in [2.45, 2.75) is 54.9 Å². The molecule has 1 heterocycles. The zero-order chi connectivity index (χ0) is 27.6. The molecule has 198 valence electrons. The molecule has 1 aromatic carbocycles. The van der Waals surface area contributed by atoms with Gasteiger partial charge in [-0.25, -0.2) is 4.39 Å². The number of carbonyl (C=O) groups is 1. The van der Waals surface area contributed by atoms with Crippen molar-refractivity contribution in [3.05, 3.63) is 35.6 Å². The van der Waals surface area contributed by atoms with Crippen LogP contribution in [0.25, 0.3) is 0 Å². The molecule has 0 saturated carbocycles. The average molecular weight is 540 g/mol. The standard InChI is InChI=1S/C17H10F14N2O2/c1-11(35)6-9(32-33(11)10(34)7-2-4-8(18)5-3-7)12(19,20)13(21,22)14(23,24)15(25,26)16(27,28)17(29,30)31/h2-5,35H,6H2,1H3. The third-order valence-corrected chi connectivity index (χ3v) is 4.76. The summed E-state index contributed by atoms with van der Waals surface area (Å²) in [5, 5.41) is 12.2. The van der Waals surface area contributed by atoms with Crippen LogP contribution in [-0.4, -0.2) is 63.2 Å². The van der Waals surface area contributed by atoms with E-state index in [1.807, 2.05) is 0 Å². The van der Waals surface area contributed by atoms with E-state index in [0.29, 0.717) is 31.2 Å². The first-order chi connectivity index (χ1) is 15.4. The van der Waals surface area contributed by atoms with Crippen molar-refractivity contribution in [1.82, 2.24) is 5.01 Å². The van der Waals surface area contributed by atoms with Gasteiger partial charge >= 0.3 is 35.8 Å². The van der Waals surface area contributed by atoms with Crippen LogP contribution in [0.4, 0.5) is 61.5 Å². The van der Waals surface area contributed by atoms with E-state index >= 15 is 0 Å². The van der Waals surface area contributed by atoms with Gasteiger partial charge in [-0.2, -0.15) is 67.2 Å². The summed E-state index contributed by atoms with van der Waals surface area (Å²) in [5.41, 5.74) is -6.30. The van der Waals surface area contributed by atoms with Crippen LogP contribution in [0.5, 0.6) is 0 Å². The van der Waals surface area contributed by atoms with E-state index < -0.39 is 75.9 Å². The summed E-state index contributed by atoms with van der Waals surface area (Å²) in [6.07, 6.45) is -9.52. The number of hydrogen-bond acceptors (Lipinski definition) is 3. The first kappa shape index (κ1) is 28.6. The second kappa shape index (κ2) is 7.92. The van der Waals surface area contributed by atoms with Crippen LogP contribution in [-0.2, 0) is 0 Å². The molecule has 0 bridgehead atoms. The summed E-state index contributed by atoms with van der Waals surface area (Å²) in [6, 6.07) is 2.63. The predicted molar refractivity (Wildman–Crippen MR) is 86.0 cm³/mol. The van der Waals surface area contributed by atoms with E-state index in [1.54, 1.807) is 0 Å². The van der Waals surface area contributed by atoms with Crippen LogP contribution in [0.3, 0.4) is 0 Å². The zero-order valence-corrected chi connectivity index (χ0v) is 16.6. The molecule has 0 spiro atoms. The lowest BCUT2D eigenvalue weighted by Crippen LogP contribution is -2.71. The summed E-state index contributed by atoms with van der Waals surface area (Å²) >= 11 is 0. The molecule has 4 nitrogen and oxygen atoms in total. The van der Waals surface area contributed by atoms with Gasteiger partial charge in [0.25, 0.3) is 5.91 Å². The van der Waals surface area contributed by atoms with Gasteiger partial charge in [0.15, 0.2) is 5.72 Å². The number of halogens is 14. The van der Waals surface area contributed by atoms with Crippen LogP contribution < -0.4 is 0 Å². The number of nitrogens with zero attached hydrogens (tertiary/aromatic N) is 2. The molecule has 35 heavy (non-hydrogen) atoms. The Morgan fingerprint density at radius 3 is 1.69 bits per heavy atom. The maximum atomic E-state index is 14.3. The summed E-state index contributed by atoms with van der Waals surface area (Å²) in [6.45, 7) is 0.434. The summed E-state index contributed by atoms with van der Waals surface area (Å²) in [4.78, 5) is 12.3. The molecular weight excluding hydrogens is 530 g/mol. The first-order valence-electron chi connectivity index (χ1n) is 8.72. The second-order valence-electron chi connectivity index (χ2n) is 7.43. The number of aliphatic hydroxyl groups is 1. The van der Waals surface area contributed by atoms with E-state index in [1.165, 1.54) is 0 Å². The molecule has 2 rings (SSSR count). The van der Waals surface area contributed by atoms with Gasteiger partial charge in [-0.15, -0.1) is 0 Å². The zero-order valence-electron chi connectivity index (χ0n) is 16.6. The number of hydrazone groups is 1. The molecule has 0 radical (unpaired) electrons. The topological polar surface area (TPSA) is 52.9 Å². The third kappa shape index (κ3) is 4.08. The molecule has 1 aliphatic rings. The highest BCUT2D eigenvalue weighted by molar-refractivity contribution is 6.00. The molecule has 1 N–H and O–H groups in total. The average Bonchev–Trinajstić information content (AvgIpc) is 3.02. The van der Waals surface area contributed by atoms with Crippen LogP contribution in [0.1, 0.15) is 23.7 Å². The van der Waals surface area contributed by atoms with E-state index in [2.05, 4.69) is 5.10 Å². The number of hydrogen-bond donors (Lipinski definition) is 1. The van der Waals surface area contributed by atoms with Crippen LogP contribution in [0, 0.1) is 5.82 Å². The molecule has 1 amide bonds. The number of carbonyl (C=O) groups excluding carboxylic acids is 1. The fraction of sp³-hybridized carbons (Fsp3) is 0.529. The lowest BCUT2D eigenvalue weighted by Gasteiger charge is -2.39. The Bertz CT molecular complexity index is 1010. The molecule has 0 aromatic heterocycles. The second-order valence-corrected chi connectivity index (χ2v) is 7.43. The Labute approximate surface area is 184 Å². The van der Waals surface area contributed by atoms with Gasteiger partial charge in [0.2, 0.25) is 0 Å². The van der Waals surface area contributed by atoms with Crippen LogP contribution >= 0.6 is 0 Å². The Hall–Kier alpha value is -2.66. The highest BCUT2D eigenvalue weighted by atomic mass is 19.4. The van der Waals surface area contributed by atoms with Gasteiger partial charge in [-0.05, 0) is 31.2 Å². The SMILES string of the molecule is CC1(O)CC(C(F)(F)C(F)(F)C(F)(F)C(F)(F)C(F)(F)C(F)(F)F)=NN1C(=O)c1ccc(F)cc1. The minimum Gasteiger partial charge on any atom is -0.369 e. The van der Waals surface area contributed by atoms with E-state index in [0.717, 1.165) is 0 Å². The number of alkyl halides is 13. The van der Waals surface area contributed by atoms with Gasteiger partial charge in [-0.1, -0.05) is 0 Å². The van der Waals surface area contributed by atoms with E-state index in [-0.39, 0.29) is 0 Å². The van der Waals surface area contributed by atoms with Crippen LogP contribution in [0.2, 0.25) is 0 Å². The van der Waals surface area contributed by atoms with Crippen LogP contribution in [0.15, 0.2) is 29.4 Å². The normalized spacial score (nSPS) is 20.8. The largest absolute Gasteiger partial charge is 0.460 e. The van der Waals surface area contributed by atoms with Gasteiger partial charge in [-0.3, -0.25) is 4.79 Å². The van der Waals surface area contributed by atoms with Crippen molar-refractivity contribution < 1.29 is 71.4 Å². The van der Waals surface area contributed by atoms with Gasteiger partial charge in [0.05, 0.1) is 0 Å². The molecule has 0 aliphatic carbocycles. The number of rotatable bonds is 6. The van der Waals surface area contributed by atoms with Crippen molar-refractivity contribution in [2.24, 2.45) is 5.10 Å².